The molecule has 0 amide bonds. The highest BCUT2D eigenvalue weighted by Gasteiger charge is 1.98. The summed E-state index contributed by atoms with van der Waals surface area (Å²) >= 11 is 1.84. The molecule has 0 aliphatic heterocycles. The standard InChI is InChI=1S/C11H15N5S/c1-16-14-11(13-15-16)9-12-7-8-17-10-5-3-2-4-6-10/h2-6,12H,7-9H2,1H3. The fraction of sp³-hybridized carbons (Fsp3) is 0.364. The highest BCUT2D eigenvalue weighted by molar-refractivity contribution is 7.99. The molecule has 5 nitrogen and oxygen atoms in total. The van der Waals surface area contributed by atoms with Gasteiger partial charge in [0.05, 0.1) is 13.6 Å². The number of aromatic nitrogens is 4. The van der Waals surface area contributed by atoms with Gasteiger partial charge in [0.15, 0.2) is 5.82 Å². The van der Waals surface area contributed by atoms with Crippen molar-refractivity contribution in [3.63, 3.8) is 0 Å². The Labute approximate surface area is 105 Å². The van der Waals surface area contributed by atoms with Gasteiger partial charge in [0.1, 0.15) is 0 Å². The van der Waals surface area contributed by atoms with Crippen LogP contribution in [0.3, 0.4) is 0 Å². The molecule has 0 saturated carbocycles. The second-order valence-corrected chi connectivity index (χ2v) is 4.70. The highest BCUT2D eigenvalue weighted by atomic mass is 32.2. The fourth-order valence-corrected chi connectivity index (χ4v) is 2.18. The zero-order chi connectivity index (χ0) is 11.9. The van der Waals surface area contributed by atoms with Crippen LogP contribution in [0.4, 0.5) is 0 Å². The Hall–Kier alpha value is -1.40. The Kier molecular flexibility index (Phi) is 4.52. The summed E-state index contributed by atoms with van der Waals surface area (Å²) in [5.74, 6) is 1.77. The van der Waals surface area contributed by atoms with Crippen molar-refractivity contribution < 1.29 is 0 Å². The number of aryl methyl sites for hydroxylation is 1. The van der Waals surface area contributed by atoms with E-state index in [0.717, 1.165) is 18.1 Å². The van der Waals surface area contributed by atoms with Crippen molar-refractivity contribution in [1.29, 1.82) is 0 Å². The van der Waals surface area contributed by atoms with E-state index >= 15 is 0 Å². The largest absolute Gasteiger partial charge is 0.309 e. The summed E-state index contributed by atoms with van der Waals surface area (Å²) in [4.78, 5) is 2.77. The molecule has 2 aromatic rings. The fourth-order valence-electron chi connectivity index (χ4n) is 1.35. The van der Waals surface area contributed by atoms with E-state index in [2.05, 4.69) is 45.0 Å². The third kappa shape index (κ3) is 4.16. The number of hydrogen-bond acceptors (Lipinski definition) is 5. The minimum absolute atomic E-state index is 0.670. The van der Waals surface area contributed by atoms with Crippen LogP contribution in [0.2, 0.25) is 0 Å². The molecule has 1 aromatic heterocycles. The first-order chi connectivity index (χ1) is 8.34. The zero-order valence-electron chi connectivity index (χ0n) is 9.71. The lowest BCUT2D eigenvalue weighted by Gasteiger charge is -2.02. The van der Waals surface area contributed by atoms with Gasteiger partial charge in [-0.15, -0.1) is 22.0 Å². The Morgan fingerprint density at radius 1 is 1.29 bits per heavy atom. The SMILES string of the molecule is Cn1nnc(CNCCSc2ccccc2)n1. The van der Waals surface area contributed by atoms with Gasteiger partial charge >= 0.3 is 0 Å². The topological polar surface area (TPSA) is 55.6 Å². The lowest BCUT2D eigenvalue weighted by atomic mass is 10.4. The first-order valence-corrected chi connectivity index (χ1v) is 6.44. The van der Waals surface area contributed by atoms with Gasteiger partial charge in [-0.1, -0.05) is 18.2 Å². The van der Waals surface area contributed by atoms with E-state index in [-0.39, 0.29) is 0 Å². The summed E-state index contributed by atoms with van der Waals surface area (Å²) in [6, 6.07) is 10.4. The van der Waals surface area contributed by atoms with Crippen LogP contribution in [0.15, 0.2) is 35.2 Å². The monoisotopic (exact) mass is 249 g/mol. The molecule has 0 bridgehead atoms. The van der Waals surface area contributed by atoms with Crippen LogP contribution < -0.4 is 5.32 Å². The van der Waals surface area contributed by atoms with Crippen molar-refractivity contribution in [3.05, 3.63) is 36.2 Å². The number of rotatable bonds is 6. The molecule has 0 radical (unpaired) electrons. The number of tetrazole rings is 1. The second kappa shape index (κ2) is 6.36. The smallest absolute Gasteiger partial charge is 0.188 e. The van der Waals surface area contributed by atoms with Gasteiger partial charge < -0.3 is 5.32 Å². The molecule has 0 fully saturated rings. The summed E-state index contributed by atoms with van der Waals surface area (Å²) in [5.41, 5.74) is 0. The summed E-state index contributed by atoms with van der Waals surface area (Å²) in [6.45, 7) is 1.60. The molecule has 0 atom stereocenters. The minimum Gasteiger partial charge on any atom is -0.309 e. The van der Waals surface area contributed by atoms with Gasteiger partial charge in [-0.2, -0.15) is 4.80 Å². The Bertz CT molecular complexity index is 442. The number of hydrogen-bond donors (Lipinski definition) is 1. The Balaban J connectivity index is 1.61. The molecule has 1 aromatic carbocycles. The molecular weight excluding hydrogens is 234 g/mol. The normalized spacial score (nSPS) is 10.6. The van der Waals surface area contributed by atoms with E-state index in [4.69, 9.17) is 0 Å². The lowest BCUT2D eigenvalue weighted by Crippen LogP contribution is -2.17. The van der Waals surface area contributed by atoms with E-state index in [1.165, 1.54) is 9.69 Å². The van der Waals surface area contributed by atoms with E-state index in [1.54, 1.807) is 7.05 Å². The number of nitrogens with one attached hydrogen (secondary N) is 1. The van der Waals surface area contributed by atoms with Crippen molar-refractivity contribution >= 4 is 11.8 Å². The summed E-state index contributed by atoms with van der Waals surface area (Å²) in [7, 11) is 1.77. The molecule has 0 spiro atoms. The molecule has 2 rings (SSSR count). The van der Waals surface area contributed by atoms with Crippen molar-refractivity contribution in [3.8, 4) is 0 Å². The quantitative estimate of drug-likeness (QED) is 0.613. The molecule has 1 heterocycles. The molecule has 0 aliphatic carbocycles. The molecule has 6 heteroatoms. The van der Waals surface area contributed by atoms with E-state index in [1.807, 2.05) is 17.8 Å². The van der Waals surface area contributed by atoms with Gasteiger partial charge in [0, 0.05) is 17.2 Å². The number of nitrogens with zero attached hydrogens (tertiary/aromatic N) is 4. The second-order valence-electron chi connectivity index (χ2n) is 3.53. The van der Waals surface area contributed by atoms with Gasteiger partial charge in [-0.3, -0.25) is 0 Å². The number of thioether (sulfide) groups is 1. The highest BCUT2D eigenvalue weighted by Crippen LogP contribution is 2.15. The van der Waals surface area contributed by atoms with Gasteiger partial charge in [0.25, 0.3) is 0 Å². The first kappa shape index (κ1) is 12.1. The summed E-state index contributed by atoms with van der Waals surface area (Å²) < 4.78 is 0. The predicted molar refractivity (Wildman–Crippen MR) is 67.7 cm³/mol. The minimum atomic E-state index is 0.670. The van der Waals surface area contributed by atoms with Crippen LogP contribution in [-0.4, -0.2) is 32.5 Å². The first-order valence-electron chi connectivity index (χ1n) is 5.46. The van der Waals surface area contributed by atoms with Crippen LogP contribution in [0, 0.1) is 0 Å². The molecule has 90 valence electrons. The predicted octanol–water partition coefficient (Wildman–Crippen LogP) is 1.09. The molecule has 0 saturated heterocycles. The van der Waals surface area contributed by atoms with Crippen molar-refractivity contribution in [1.82, 2.24) is 25.5 Å². The van der Waals surface area contributed by atoms with Crippen molar-refractivity contribution in [2.45, 2.75) is 11.4 Å². The molecule has 1 N–H and O–H groups in total. The van der Waals surface area contributed by atoms with Crippen LogP contribution in [-0.2, 0) is 13.6 Å². The van der Waals surface area contributed by atoms with E-state index in [0.29, 0.717) is 6.54 Å². The van der Waals surface area contributed by atoms with Crippen LogP contribution in [0.5, 0.6) is 0 Å². The van der Waals surface area contributed by atoms with Gasteiger partial charge in [-0.05, 0) is 17.3 Å². The number of benzene rings is 1. The van der Waals surface area contributed by atoms with Gasteiger partial charge in [0.2, 0.25) is 0 Å². The summed E-state index contributed by atoms with van der Waals surface area (Å²) in [5, 5.41) is 15.1. The molecule has 0 aliphatic rings. The zero-order valence-corrected chi connectivity index (χ0v) is 10.5. The van der Waals surface area contributed by atoms with E-state index in [9.17, 15) is 0 Å². The van der Waals surface area contributed by atoms with Gasteiger partial charge in [-0.25, -0.2) is 0 Å². The average molecular weight is 249 g/mol. The summed E-state index contributed by atoms with van der Waals surface area (Å²) in [6.07, 6.45) is 0. The maximum atomic E-state index is 4.09. The van der Waals surface area contributed by atoms with E-state index < -0.39 is 0 Å². The Morgan fingerprint density at radius 2 is 2.12 bits per heavy atom. The van der Waals surface area contributed by atoms with Crippen molar-refractivity contribution in [2.75, 3.05) is 12.3 Å². The maximum absolute atomic E-state index is 4.09. The lowest BCUT2D eigenvalue weighted by molar-refractivity contribution is 0.623. The molecule has 0 unspecified atom stereocenters. The third-order valence-electron chi connectivity index (χ3n) is 2.12. The average Bonchev–Trinajstić information content (AvgIpc) is 2.76. The van der Waals surface area contributed by atoms with Crippen LogP contribution in [0.1, 0.15) is 5.82 Å². The van der Waals surface area contributed by atoms with Crippen molar-refractivity contribution in [2.24, 2.45) is 7.05 Å². The van der Waals surface area contributed by atoms with Crippen LogP contribution in [0.25, 0.3) is 0 Å². The Morgan fingerprint density at radius 3 is 2.82 bits per heavy atom. The molecular formula is C11H15N5S. The third-order valence-corrected chi connectivity index (χ3v) is 3.14. The maximum Gasteiger partial charge on any atom is 0.188 e. The molecule has 17 heavy (non-hydrogen) atoms. The van der Waals surface area contributed by atoms with Crippen LogP contribution >= 0.6 is 11.8 Å².